The quantitative estimate of drug-likeness (QED) is 0.813. The molecule has 2 atom stereocenters. The normalized spacial score (nSPS) is 23.0. The number of amides is 1. The summed E-state index contributed by atoms with van der Waals surface area (Å²) >= 11 is 0. The van der Waals surface area contributed by atoms with E-state index in [1.165, 1.54) is 5.56 Å². The van der Waals surface area contributed by atoms with Gasteiger partial charge >= 0.3 is 0 Å². The molecule has 1 aromatic carbocycles. The number of ether oxygens (including phenoxy) is 1. The molecule has 4 heteroatoms. The molecule has 0 bridgehead atoms. The molecular weight excluding hydrogens is 264 g/mol. The number of morpholine rings is 1. The maximum absolute atomic E-state index is 11.9. The van der Waals surface area contributed by atoms with Gasteiger partial charge in [0.1, 0.15) is 0 Å². The van der Waals surface area contributed by atoms with E-state index in [1.807, 2.05) is 6.07 Å². The minimum absolute atomic E-state index is 0.115. The zero-order valence-electron chi connectivity index (χ0n) is 13.0. The van der Waals surface area contributed by atoms with Crippen LogP contribution >= 0.6 is 0 Å². The van der Waals surface area contributed by atoms with Gasteiger partial charge in [0.2, 0.25) is 5.91 Å². The van der Waals surface area contributed by atoms with Crippen molar-refractivity contribution in [3.05, 3.63) is 35.9 Å². The molecule has 1 saturated heterocycles. The molecular formula is C17H26N2O2. The number of nitrogens with zero attached hydrogens (tertiary/aromatic N) is 1. The molecule has 0 saturated carbocycles. The van der Waals surface area contributed by atoms with Crippen LogP contribution < -0.4 is 5.32 Å². The smallest absolute Gasteiger partial charge is 0.234 e. The molecule has 4 nitrogen and oxygen atoms in total. The Morgan fingerprint density at radius 2 is 1.90 bits per heavy atom. The van der Waals surface area contributed by atoms with E-state index in [2.05, 4.69) is 48.3 Å². The van der Waals surface area contributed by atoms with Crippen LogP contribution in [0.2, 0.25) is 0 Å². The summed E-state index contributed by atoms with van der Waals surface area (Å²) in [5.74, 6) is 0.115. The summed E-state index contributed by atoms with van der Waals surface area (Å²) < 4.78 is 5.67. The summed E-state index contributed by atoms with van der Waals surface area (Å²) in [6.45, 7) is 7.00. The van der Waals surface area contributed by atoms with Gasteiger partial charge in [-0.25, -0.2) is 0 Å². The first-order chi connectivity index (χ1) is 10.1. The van der Waals surface area contributed by atoms with E-state index in [-0.39, 0.29) is 18.1 Å². The van der Waals surface area contributed by atoms with Crippen LogP contribution in [0.1, 0.15) is 25.8 Å². The van der Waals surface area contributed by atoms with Crippen molar-refractivity contribution in [3.8, 4) is 0 Å². The first-order valence-corrected chi connectivity index (χ1v) is 7.82. The molecule has 0 aliphatic carbocycles. The fraction of sp³-hybridized carbons (Fsp3) is 0.588. The zero-order chi connectivity index (χ0) is 15.1. The van der Waals surface area contributed by atoms with Crippen LogP contribution in [0.4, 0.5) is 0 Å². The Hall–Kier alpha value is -1.39. The van der Waals surface area contributed by atoms with Gasteiger partial charge in [0.25, 0.3) is 0 Å². The molecule has 0 spiro atoms. The summed E-state index contributed by atoms with van der Waals surface area (Å²) in [6, 6.07) is 10.4. The van der Waals surface area contributed by atoms with Gasteiger partial charge in [-0.2, -0.15) is 0 Å². The van der Waals surface area contributed by atoms with E-state index >= 15 is 0 Å². The monoisotopic (exact) mass is 290 g/mol. The maximum atomic E-state index is 11.9. The number of aryl methyl sites for hydroxylation is 1. The van der Waals surface area contributed by atoms with Crippen LogP contribution in [0.15, 0.2) is 30.3 Å². The third-order valence-electron chi connectivity index (χ3n) is 3.67. The number of nitrogens with one attached hydrogen (secondary N) is 1. The fourth-order valence-electron chi connectivity index (χ4n) is 2.84. The largest absolute Gasteiger partial charge is 0.373 e. The van der Waals surface area contributed by atoms with Crippen molar-refractivity contribution in [1.29, 1.82) is 0 Å². The first-order valence-electron chi connectivity index (χ1n) is 7.82. The highest BCUT2D eigenvalue weighted by molar-refractivity contribution is 5.78. The van der Waals surface area contributed by atoms with Gasteiger partial charge in [0.15, 0.2) is 0 Å². The Bertz CT molecular complexity index is 426. The summed E-state index contributed by atoms with van der Waals surface area (Å²) in [5.41, 5.74) is 1.32. The first kappa shape index (κ1) is 16.0. The minimum Gasteiger partial charge on any atom is -0.373 e. The second-order valence-electron chi connectivity index (χ2n) is 5.89. The molecule has 0 aromatic heterocycles. The van der Waals surface area contributed by atoms with Crippen molar-refractivity contribution in [2.24, 2.45) is 0 Å². The van der Waals surface area contributed by atoms with Gasteiger partial charge in [-0.15, -0.1) is 0 Å². The lowest BCUT2D eigenvalue weighted by molar-refractivity contribution is -0.125. The maximum Gasteiger partial charge on any atom is 0.234 e. The average Bonchev–Trinajstić information content (AvgIpc) is 2.43. The summed E-state index contributed by atoms with van der Waals surface area (Å²) in [4.78, 5) is 14.1. The lowest BCUT2D eigenvalue weighted by Gasteiger charge is -2.34. The minimum atomic E-state index is 0.115. The zero-order valence-corrected chi connectivity index (χ0v) is 13.0. The second-order valence-corrected chi connectivity index (χ2v) is 5.89. The van der Waals surface area contributed by atoms with E-state index in [1.54, 1.807) is 0 Å². The van der Waals surface area contributed by atoms with Gasteiger partial charge in [-0.1, -0.05) is 30.3 Å². The lowest BCUT2D eigenvalue weighted by Crippen LogP contribution is -2.49. The number of rotatable bonds is 6. The Balaban J connectivity index is 1.61. The van der Waals surface area contributed by atoms with Crippen molar-refractivity contribution in [2.75, 3.05) is 26.2 Å². The predicted octanol–water partition coefficient (Wildman–Crippen LogP) is 1.84. The van der Waals surface area contributed by atoms with Gasteiger partial charge in [-0.05, 0) is 32.3 Å². The van der Waals surface area contributed by atoms with Crippen LogP contribution in [-0.2, 0) is 16.0 Å². The van der Waals surface area contributed by atoms with Crippen LogP contribution in [0.25, 0.3) is 0 Å². The van der Waals surface area contributed by atoms with Crippen LogP contribution in [0, 0.1) is 0 Å². The molecule has 1 aromatic rings. The molecule has 2 unspecified atom stereocenters. The van der Waals surface area contributed by atoms with Crippen molar-refractivity contribution >= 4 is 5.91 Å². The van der Waals surface area contributed by atoms with Crippen LogP contribution in [0.3, 0.4) is 0 Å². The van der Waals surface area contributed by atoms with E-state index in [0.717, 1.165) is 32.5 Å². The van der Waals surface area contributed by atoms with Gasteiger partial charge in [0.05, 0.1) is 18.8 Å². The molecule has 1 amide bonds. The van der Waals surface area contributed by atoms with Crippen LogP contribution in [0.5, 0.6) is 0 Å². The topological polar surface area (TPSA) is 41.6 Å². The molecule has 2 rings (SSSR count). The van der Waals surface area contributed by atoms with E-state index in [0.29, 0.717) is 6.54 Å². The molecule has 1 aliphatic heterocycles. The van der Waals surface area contributed by atoms with Gasteiger partial charge < -0.3 is 10.1 Å². The van der Waals surface area contributed by atoms with Crippen LogP contribution in [-0.4, -0.2) is 49.2 Å². The Kier molecular flexibility index (Phi) is 6.21. The SMILES string of the molecule is CC1CN(CC(=O)NCCCc2ccccc2)CC(C)O1. The highest BCUT2D eigenvalue weighted by Crippen LogP contribution is 2.09. The second kappa shape index (κ2) is 8.15. The van der Waals surface area contributed by atoms with E-state index < -0.39 is 0 Å². The number of carbonyl (C=O) groups is 1. The average molecular weight is 290 g/mol. The fourth-order valence-corrected chi connectivity index (χ4v) is 2.84. The van der Waals surface area contributed by atoms with E-state index in [9.17, 15) is 4.79 Å². The highest BCUT2D eigenvalue weighted by atomic mass is 16.5. The summed E-state index contributed by atoms with van der Waals surface area (Å²) in [6.07, 6.45) is 2.40. The number of carbonyl (C=O) groups excluding carboxylic acids is 1. The molecule has 0 radical (unpaired) electrons. The molecule has 21 heavy (non-hydrogen) atoms. The number of hydrogen-bond donors (Lipinski definition) is 1. The number of hydrogen-bond acceptors (Lipinski definition) is 3. The third kappa shape index (κ3) is 5.86. The van der Waals surface area contributed by atoms with Crippen molar-refractivity contribution in [2.45, 2.75) is 38.9 Å². The lowest BCUT2D eigenvalue weighted by atomic mass is 10.1. The van der Waals surface area contributed by atoms with Gasteiger partial charge in [0, 0.05) is 19.6 Å². The van der Waals surface area contributed by atoms with Crippen molar-refractivity contribution in [3.63, 3.8) is 0 Å². The third-order valence-corrected chi connectivity index (χ3v) is 3.67. The van der Waals surface area contributed by atoms with E-state index in [4.69, 9.17) is 4.74 Å². The molecule has 1 aliphatic rings. The van der Waals surface area contributed by atoms with Gasteiger partial charge in [-0.3, -0.25) is 9.69 Å². The Labute approximate surface area is 127 Å². The molecule has 116 valence electrons. The Morgan fingerprint density at radius 1 is 1.24 bits per heavy atom. The Morgan fingerprint density at radius 3 is 2.57 bits per heavy atom. The standard InChI is InChI=1S/C17H26N2O2/c1-14-11-19(12-15(2)21-14)13-17(20)18-10-6-9-16-7-4-3-5-8-16/h3-5,7-8,14-15H,6,9-13H2,1-2H3,(H,18,20). The van der Waals surface area contributed by atoms with Crippen molar-refractivity contribution in [1.82, 2.24) is 10.2 Å². The predicted molar refractivity (Wildman–Crippen MR) is 84.2 cm³/mol. The molecule has 1 fully saturated rings. The van der Waals surface area contributed by atoms with Crippen molar-refractivity contribution < 1.29 is 9.53 Å². The summed E-state index contributed by atoms with van der Waals surface area (Å²) in [7, 11) is 0. The number of benzene rings is 1. The summed E-state index contributed by atoms with van der Waals surface area (Å²) in [5, 5.41) is 3.01. The molecule has 1 N–H and O–H groups in total. The highest BCUT2D eigenvalue weighted by Gasteiger charge is 2.23. The molecule has 1 heterocycles.